The number of piperazine rings is 1. The van der Waals surface area contributed by atoms with Gasteiger partial charge in [-0.2, -0.15) is 5.10 Å². The first-order valence-corrected chi connectivity index (χ1v) is 10.6. The van der Waals surface area contributed by atoms with E-state index in [4.69, 9.17) is 21.7 Å². The van der Waals surface area contributed by atoms with Gasteiger partial charge in [-0.25, -0.2) is 10.0 Å². The standard InChI is InChI=1S/C20H24ClN5S/c1-14(12-17-4-3-11-27-17)24-26-15(2)18-13-16(21)5-6-19(18)23-20(26)25-9-7-22-8-10-25/h3-6,11,13,15,22H,7-10,12H2,1-2H3/b24-14+. The molecule has 4 rings (SSSR count). The maximum Gasteiger partial charge on any atom is 0.223 e. The Labute approximate surface area is 169 Å². The maximum atomic E-state index is 6.26. The van der Waals surface area contributed by atoms with Crippen LogP contribution in [-0.4, -0.2) is 47.8 Å². The van der Waals surface area contributed by atoms with Crippen molar-refractivity contribution in [2.24, 2.45) is 10.1 Å². The second-order valence-electron chi connectivity index (χ2n) is 6.96. The molecule has 1 unspecified atom stereocenters. The number of hydrazone groups is 1. The van der Waals surface area contributed by atoms with Gasteiger partial charge in [-0.3, -0.25) is 0 Å². The summed E-state index contributed by atoms with van der Waals surface area (Å²) in [5, 5.41) is 13.3. The highest BCUT2D eigenvalue weighted by Crippen LogP contribution is 2.37. The van der Waals surface area contributed by atoms with Crippen LogP contribution in [0.4, 0.5) is 5.69 Å². The van der Waals surface area contributed by atoms with E-state index in [-0.39, 0.29) is 6.04 Å². The van der Waals surface area contributed by atoms with Gasteiger partial charge in [0.1, 0.15) is 0 Å². The summed E-state index contributed by atoms with van der Waals surface area (Å²) in [5.74, 6) is 0.935. The monoisotopic (exact) mass is 401 g/mol. The van der Waals surface area contributed by atoms with Gasteiger partial charge in [0.15, 0.2) is 0 Å². The first-order chi connectivity index (χ1) is 13.1. The molecule has 7 heteroatoms. The lowest BCUT2D eigenvalue weighted by molar-refractivity contribution is 0.257. The molecule has 2 aromatic rings. The van der Waals surface area contributed by atoms with Crippen LogP contribution >= 0.6 is 22.9 Å². The van der Waals surface area contributed by atoms with Gasteiger partial charge >= 0.3 is 0 Å². The Hall–Kier alpha value is -1.89. The summed E-state index contributed by atoms with van der Waals surface area (Å²) in [5.41, 5.74) is 3.19. The van der Waals surface area contributed by atoms with Crippen molar-refractivity contribution in [1.82, 2.24) is 15.2 Å². The lowest BCUT2D eigenvalue weighted by Gasteiger charge is -2.40. The first-order valence-electron chi connectivity index (χ1n) is 9.31. The smallest absolute Gasteiger partial charge is 0.223 e. The molecule has 1 atom stereocenters. The van der Waals surface area contributed by atoms with Crippen molar-refractivity contribution < 1.29 is 0 Å². The Kier molecular flexibility index (Phi) is 5.48. The highest BCUT2D eigenvalue weighted by molar-refractivity contribution is 7.10. The molecule has 1 saturated heterocycles. The van der Waals surface area contributed by atoms with Crippen molar-refractivity contribution in [2.75, 3.05) is 26.2 Å². The van der Waals surface area contributed by atoms with E-state index in [2.05, 4.69) is 46.6 Å². The normalized spacial score (nSPS) is 20.5. The average Bonchev–Trinajstić information content (AvgIpc) is 3.18. The molecule has 5 nitrogen and oxygen atoms in total. The number of aliphatic imine (C=N–C) groups is 1. The molecule has 0 bridgehead atoms. The Morgan fingerprint density at radius 1 is 1.33 bits per heavy atom. The Morgan fingerprint density at radius 2 is 2.15 bits per heavy atom. The minimum absolute atomic E-state index is 0.0828. The fourth-order valence-corrected chi connectivity index (χ4v) is 4.48. The summed E-state index contributed by atoms with van der Waals surface area (Å²) in [4.78, 5) is 8.62. The Balaban J connectivity index is 1.70. The van der Waals surface area contributed by atoms with Crippen LogP contribution in [0, 0.1) is 0 Å². The van der Waals surface area contributed by atoms with Gasteiger partial charge < -0.3 is 10.2 Å². The largest absolute Gasteiger partial charge is 0.338 e. The van der Waals surface area contributed by atoms with Crippen LogP contribution in [0.5, 0.6) is 0 Å². The molecule has 0 aliphatic carbocycles. The van der Waals surface area contributed by atoms with E-state index in [1.165, 1.54) is 4.88 Å². The molecule has 1 N–H and O–H groups in total. The molecular formula is C20H24ClN5S. The highest BCUT2D eigenvalue weighted by atomic mass is 35.5. The van der Waals surface area contributed by atoms with Gasteiger partial charge in [-0.05, 0) is 43.5 Å². The van der Waals surface area contributed by atoms with Crippen molar-refractivity contribution >= 4 is 40.3 Å². The fourth-order valence-electron chi connectivity index (χ4n) is 3.52. The third-order valence-corrected chi connectivity index (χ3v) is 6.03. The summed E-state index contributed by atoms with van der Waals surface area (Å²) >= 11 is 8.02. The molecule has 142 valence electrons. The summed E-state index contributed by atoms with van der Waals surface area (Å²) in [6.45, 7) is 8.07. The number of thiophene rings is 1. The number of hydrogen-bond acceptors (Lipinski definition) is 6. The number of rotatable bonds is 3. The molecule has 0 amide bonds. The van der Waals surface area contributed by atoms with Gasteiger partial charge in [-0.1, -0.05) is 17.7 Å². The van der Waals surface area contributed by atoms with E-state index >= 15 is 0 Å². The molecule has 0 radical (unpaired) electrons. The number of benzene rings is 1. The van der Waals surface area contributed by atoms with Gasteiger partial charge in [-0.15, -0.1) is 11.3 Å². The molecule has 1 aromatic carbocycles. The topological polar surface area (TPSA) is 43.2 Å². The van der Waals surface area contributed by atoms with Crippen LogP contribution in [0.3, 0.4) is 0 Å². The molecule has 27 heavy (non-hydrogen) atoms. The van der Waals surface area contributed by atoms with E-state index < -0.39 is 0 Å². The SMILES string of the molecule is C/C(Cc1cccs1)=N\N1C(N2CCNCC2)=Nc2ccc(Cl)cc2C1C. The predicted molar refractivity (Wildman–Crippen MR) is 114 cm³/mol. The highest BCUT2D eigenvalue weighted by Gasteiger charge is 2.31. The van der Waals surface area contributed by atoms with Crippen molar-refractivity contribution in [1.29, 1.82) is 0 Å². The number of hydrogen-bond donors (Lipinski definition) is 1. The maximum absolute atomic E-state index is 6.26. The first kappa shape index (κ1) is 18.5. The lowest BCUT2D eigenvalue weighted by atomic mass is 10.0. The number of halogens is 1. The quantitative estimate of drug-likeness (QED) is 0.780. The van der Waals surface area contributed by atoms with Crippen molar-refractivity contribution in [3.8, 4) is 0 Å². The van der Waals surface area contributed by atoms with Crippen LogP contribution in [-0.2, 0) is 6.42 Å². The molecule has 2 aliphatic rings. The summed E-state index contributed by atoms with van der Waals surface area (Å²) < 4.78 is 0. The molecular weight excluding hydrogens is 378 g/mol. The van der Waals surface area contributed by atoms with E-state index in [0.717, 1.165) is 60.5 Å². The van der Waals surface area contributed by atoms with Gasteiger partial charge in [0.2, 0.25) is 5.96 Å². The average molecular weight is 402 g/mol. The van der Waals surface area contributed by atoms with Gasteiger partial charge in [0.05, 0.1) is 11.7 Å². The molecule has 0 spiro atoms. The zero-order valence-corrected chi connectivity index (χ0v) is 17.2. The third kappa shape index (κ3) is 4.03. The Bertz CT molecular complexity index is 855. The number of guanidine groups is 1. The fraction of sp³-hybridized carbons (Fsp3) is 0.400. The number of nitrogens with one attached hydrogen (secondary N) is 1. The summed E-state index contributed by atoms with van der Waals surface area (Å²) in [6.07, 6.45) is 0.859. The van der Waals surface area contributed by atoms with Crippen LogP contribution in [0.15, 0.2) is 45.8 Å². The molecule has 0 saturated carbocycles. The van der Waals surface area contributed by atoms with Crippen molar-refractivity contribution in [3.63, 3.8) is 0 Å². The molecule has 1 fully saturated rings. The van der Waals surface area contributed by atoms with Crippen molar-refractivity contribution in [2.45, 2.75) is 26.3 Å². The molecule has 3 heterocycles. The number of fused-ring (bicyclic) bond motifs is 1. The van der Waals surface area contributed by atoms with Gasteiger partial charge in [0, 0.05) is 53.8 Å². The lowest BCUT2D eigenvalue weighted by Crippen LogP contribution is -2.52. The molecule has 1 aromatic heterocycles. The van der Waals surface area contributed by atoms with E-state index in [1.807, 2.05) is 18.2 Å². The minimum atomic E-state index is 0.0828. The van der Waals surface area contributed by atoms with E-state index in [9.17, 15) is 0 Å². The molecule has 2 aliphatic heterocycles. The zero-order valence-electron chi connectivity index (χ0n) is 15.7. The Morgan fingerprint density at radius 3 is 2.89 bits per heavy atom. The van der Waals surface area contributed by atoms with Crippen LogP contribution in [0.25, 0.3) is 0 Å². The minimum Gasteiger partial charge on any atom is -0.338 e. The second kappa shape index (κ2) is 8.00. The van der Waals surface area contributed by atoms with E-state index in [0.29, 0.717) is 0 Å². The zero-order chi connectivity index (χ0) is 18.8. The predicted octanol–water partition coefficient (Wildman–Crippen LogP) is 4.29. The van der Waals surface area contributed by atoms with Gasteiger partial charge in [0.25, 0.3) is 0 Å². The van der Waals surface area contributed by atoms with Crippen LogP contribution in [0.2, 0.25) is 5.02 Å². The second-order valence-corrected chi connectivity index (χ2v) is 8.43. The summed E-state index contributed by atoms with van der Waals surface area (Å²) in [6, 6.07) is 10.3. The number of nitrogens with zero attached hydrogens (tertiary/aromatic N) is 4. The van der Waals surface area contributed by atoms with E-state index in [1.54, 1.807) is 11.3 Å². The van der Waals surface area contributed by atoms with Crippen LogP contribution < -0.4 is 5.32 Å². The van der Waals surface area contributed by atoms with Crippen LogP contribution in [0.1, 0.15) is 30.3 Å². The third-order valence-electron chi connectivity index (χ3n) is 4.92. The summed E-state index contributed by atoms with van der Waals surface area (Å²) in [7, 11) is 0. The van der Waals surface area contributed by atoms with Crippen molar-refractivity contribution in [3.05, 3.63) is 51.2 Å².